The van der Waals surface area contributed by atoms with E-state index in [-0.39, 0.29) is 11.8 Å². The van der Waals surface area contributed by atoms with Crippen molar-refractivity contribution in [3.63, 3.8) is 0 Å². The zero-order chi connectivity index (χ0) is 15.5. The number of carbonyl (C=O) groups excluding carboxylic acids is 2. The van der Waals surface area contributed by atoms with Crippen molar-refractivity contribution < 1.29 is 9.59 Å². The van der Waals surface area contributed by atoms with Gasteiger partial charge in [0.2, 0.25) is 11.8 Å². The highest BCUT2D eigenvalue weighted by atomic mass is 16.2. The largest absolute Gasteiger partial charge is 0.352 e. The van der Waals surface area contributed by atoms with Gasteiger partial charge in [0.05, 0.1) is 5.41 Å². The Morgan fingerprint density at radius 2 is 2.00 bits per heavy atom. The molecule has 1 saturated heterocycles. The first-order chi connectivity index (χ1) is 9.94. The number of carbonyl (C=O) groups is 2. The van der Waals surface area contributed by atoms with E-state index in [2.05, 4.69) is 5.32 Å². The standard InChI is InChI=1S/C16H23N3O2/c1-16(2,11-17)15(21)18-10-12-5-7-13(8-6-12)19-9-3-4-14(19)20/h5-8H,3-4,9-11,17H2,1-2H3,(H,18,21). The molecule has 0 radical (unpaired) electrons. The van der Waals surface area contributed by atoms with Crippen LogP contribution in [0.15, 0.2) is 24.3 Å². The second-order valence-electron chi connectivity index (χ2n) is 6.09. The van der Waals surface area contributed by atoms with Crippen LogP contribution in [-0.4, -0.2) is 24.9 Å². The summed E-state index contributed by atoms with van der Waals surface area (Å²) in [4.78, 5) is 25.4. The van der Waals surface area contributed by atoms with Crippen LogP contribution in [-0.2, 0) is 16.1 Å². The van der Waals surface area contributed by atoms with Crippen LogP contribution in [0.3, 0.4) is 0 Å². The van der Waals surface area contributed by atoms with Gasteiger partial charge < -0.3 is 16.0 Å². The number of anilines is 1. The average molecular weight is 289 g/mol. The van der Waals surface area contributed by atoms with Gasteiger partial charge in [-0.15, -0.1) is 0 Å². The van der Waals surface area contributed by atoms with Crippen LogP contribution >= 0.6 is 0 Å². The molecule has 0 unspecified atom stereocenters. The number of rotatable bonds is 5. The lowest BCUT2D eigenvalue weighted by Gasteiger charge is -2.21. The topological polar surface area (TPSA) is 75.4 Å². The molecule has 5 nitrogen and oxygen atoms in total. The molecule has 21 heavy (non-hydrogen) atoms. The fourth-order valence-electron chi connectivity index (χ4n) is 2.23. The molecule has 0 spiro atoms. The number of benzene rings is 1. The van der Waals surface area contributed by atoms with Crippen LogP contribution in [0.1, 0.15) is 32.3 Å². The van der Waals surface area contributed by atoms with E-state index in [9.17, 15) is 9.59 Å². The van der Waals surface area contributed by atoms with Gasteiger partial charge in [-0.2, -0.15) is 0 Å². The van der Waals surface area contributed by atoms with E-state index in [1.165, 1.54) is 0 Å². The van der Waals surface area contributed by atoms with E-state index >= 15 is 0 Å². The SMILES string of the molecule is CC(C)(CN)C(=O)NCc1ccc(N2CCCC2=O)cc1. The minimum absolute atomic E-state index is 0.0520. The Morgan fingerprint density at radius 1 is 1.33 bits per heavy atom. The molecule has 0 aliphatic carbocycles. The fraction of sp³-hybridized carbons (Fsp3) is 0.500. The van der Waals surface area contributed by atoms with Gasteiger partial charge >= 0.3 is 0 Å². The summed E-state index contributed by atoms with van der Waals surface area (Å²) < 4.78 is 0. The first-order valence-electron chi connectivity index (χ1n) is 7.32. The third-order valence-electron chi connectivity index (χ3n) is 3.90. The molecule has 1 heterocycles. The quantitative estimate of drug-likeness (QED) is 0.860. The lowest BCUT2D eigenvalue weighted by atomic mass is 9.92. The molecule has 3 N–H and O–H groups in total. The molecule has 0 aromatic heterocycles. The fourth-order valence-corrected chi connectivity index (χ4v) is 2.23. The van der Waals surface area contributed by atoms with Gasteiger partial charge in [0.25, 0.3) is 0 Å². The maximum absolute atomic E-state index is 11.9. The smallest absolute Gasteiger partial charge is 0.227 e. The predicted octanol–water partition coefficient (Wildman–Crippen LogP) is 1.41. The summed E-state index contributed by atoms with van der Waals surface area (Å²) in [7, 11) is 0. The molecular weight excluding hydrogens is 266 g/mol. The Bertz CT molecular complexity index is 523. The zero-order valence-electron chi connectivity index (χ0n) is 12.7. The van der Waals surface area contributed by atoms with Crippen molar-refractivity contribution in [3.8, 4) is 0 Å². The summed E-state index contributed by atoms with van der Waals surface area (Å²) in [5.41, 5.74) is 6.96. The Kier molecular flexibility index (Phi) is 4.63. The zero-order valence-corrected chi connectivity index (χ0v) is 12.7. The third kappa shape index (κ3) is 3.61. The Labute approximate surface area is 125 Å². The summed E-state index contributed by atoms with van der Waals surface area (Å²) in [6.45, 7) is 5.22. The van der Waals surface area contributed by atoms with E-state index in [1.54, 1.807) is 4.90 Å². The van der Waals surface area contributed by atoms with Crippen LogP contribution < -0.4 is 16.0 Å². The highest BCUT2D eigenvalue weighted by Crippen LogP contribution is 2.21. The van der Waals surface area contributed by atoms with E-state index in [4.69, 9.17) is 5.73 Å². The summed E-state index contributed by atoms with van der Waals surface area (Å²) in [6.07, 6.45) is 1.55. The Hall–Kier alpha value is -1.88. The summed E-state index contributed by atoms with van der Waals surface area (Å²) in [5, 5.41) is 2.89. The second kappa shape index (κ2) is 6.26. The summed E-state index contributed by atoms with van der Waals surface area (Å²) in [5.74, 6) is 0.129. The van der Waals surface area contributed by atoms with Crippen molar-refractivity contribution in [1.29, 1.82) is 0 Å². The minimum Gasteiger partial charge on any atom is -0.352 e. The molecule has 5 heteroatoms. The Morgan fingerprint density at radius 3 is 2.52 bits per heavy atom. The molecule has 0 bridgehead atoms. The van der Waals surface area contributed by atoms with Crippen molar-refractivity contribution in [2.45, 2.75) is 33.2 Å². The number of nitrogens with two attached hydrogens (primary N) is 1. The van der Waals surface area contributed by atoms with E-state index in [0.717, 1.165) is 24.2 Å². The van der Waals surface area contributed by atoms with Gasteiger partial charge in [0.1, 0.15) is 0 Å². The van der Waals surface area contributed by atoms with Crippen molar-refractivity contribution >= 4 is 17.5 Å². The number of hydrogen-bond donors (Lipinski definition) is 2. The van der Waals surface area contributed by atoms with E-state index < -0.39 is 5.41 Å². The lowest BCUT2D eigenvalue weighted by molar-refractivity contribution is -0.129. The molecule has 0 saturated carbocycles. The molecule has 114 valence electrons. The van der Waals surface area contributed by atoms with Gasteiger partial charge in [-0.3, -0.25) is 9.59 Å². The van der Waals surface area contributed by atoms with E-state index in [0.29, 0.717) is 19.5 Å². The van der Waals surface area contributed by atoms with Crippen LogP contribution in [0.4, 0.5) is 5.69 Å². The van der Waals surface area contributed by atoms with E-state index in [1.807, 2.05) is 38.1 Å². The highest BCUT2D eigenvalue weighted by Gasteiger charge is 2.25. The first kappa shape index (κ1) is 15.5. The number of hydrogen-bond acceptors (Lipinski definition) is 3. The molecule has 1 fully saturated rings. The number of amides is 2. The first-order valence-corrected chi connectivity index (χ1v) is 7.32. The maximum Gasteiger partial charge on any atom is 0.227 e. The normalized spacial score (nSPS) is 15.4. The molecule has 2 amide bonds. The van der Waals surface area contributed by atoms with Crippen molar-refractivity contribution in [1.82, 2.24) is 5.32 Å². The van der Waals surface area contributed by atoms with Gasteiger partial charge in [-0.05, 0) is 38.0 Å². The van der Waals surface area contributed by atoms with Crippen molar-refractivity contribution in [3.05, 3.63) is 29.8 Å². The Balaban J connectivity index is 1.94. The molecule has 1 aromatic rings. The summed E-state index contributed by atoms with van der Waals surface area (Å²) >= 11 is 0. The molecule has 0 atom stereocenters. The molecule has 2 rings (SSSR count). The monoisotopic (exact) mass is 289 g/mol. The molecular formula is C16H23N3O2. The van der Waals surface area contributed by atoms with Crippen LogP contribution in [0.25, 0.3) is 0 Å². The molecule has 1 aliphatic rings. The summed E-state index contributed by atoms with van der Waals surface area (Å²) in [6, 6.07) is 7.74. The van der Waals surface area contributed by atoms with Crippen LogP contribution in [0.2, 0.25) is 0 Å². The van der Waals surface area contributed by atoms with Crippen LogP contribution in [0, 0.1) is 5.41 Å². The average Bonchev–Trinajstić information content (AvgIpc) is 2.91. The number of nitrogens with zero attached hydrogens (tertiary/aromatic N) is 1. The molecule has 1 aromatic carbocycles. The van der Waals surface area contributed by atoms with Crippen molar-refractivity contribution in [2.75, 3.05) is 18.0 Å². The maximum atomic E-state index is 11.9. The third-order valence-corrected chi connectivity index (χ3v) is 3.90. The van der Waals surface area contributed by atoms with Gasteiger partial charge in [-0.1, -0.05) is 12.1 Å². The second-order valence-corrected chi connectivity index (χ2v) is 6.09. The number of nitrogens with one attached hydrogen (secondary N) is 1. The van der Waals surface area contributed by atoms with Crippen LogP contribution in [0.5, 0.6) is 0 Å². The van der Waals surface area contributed by atoms with Gasteiger partial charge in [0.15, 0.2) is 0 Å². The van der Waals surface area contributed by atoms with Gasteiger partial charge in [0, 0.05) is 31.7 Å². The molecule has 1 aliphatic heterocycles. The predicted molar refractivity (Wildman–Crippen MR) is 82.7 cm³/mol. The van der Waals surface area contributed by atoms with Crippen molar-refractivity contribution in [2.24, 2.45) is 11.1 Å². The van der Waals surface area contributed by atoms with Gasteiger partial charge in [-0.25, -0.2) is 0 Å². The highest BCUT2D eigenvalue weighted by molar-refractivity contribution is 5.95. The minimum atomic E-state index is -0.554. The lowest BCUT2D eigenvalue weighted by Crippen LogP contribution is -2.41.